The summed E-state index contributed by atoms with van der Waals surface area (Å²) in [4.78, 5) is 27.9. The Labute approximate surface area is 169 Å². The lowest BCUT2D eigenvalue weighted by Gasteiger charge is -2.40. The molecule has 3 aliphatic rings. The number of anilines is 1. The highest BCUT2D eigenvalue weighted by molar-refractivity contribution is 5.90. The standard InChI is InChI=1S/C20H27N3O6/c1-20(2,3)29-18(24)21-13-9-22(10-13)11-15-12-23(19(25)28-15)14-4-5-16-17(8-14)27-7-6-26-16/h4-5,8,13,15H,6-7,9-12H2,1-3H3,(H,21,24). The van der Waals surface area contributed by atoms with Crippen molar-refractivity contribution < 1.29 is 28.5 Å². The minimum atomic E-state index is -0.511. The zero-order valence-corrected chi connectivity index (χ0v) is 17.0. The van der Waals surface area contributed by atoms with Crippen LogP contribution in [0.4, 0.5) is 15.3 Å². The van der Waals surface area contributed by atoms with E-state index < -0.39 is 11.7 Å². The SMILES string of the molecule is CC(C)(C)OC(=O)NC1CN(CC2CN(c3ccc4c(c3)OCCO4)C(=O)O2)C1. The van der Waals surface area contributed by atoms with Crippen LogP contribution in [0.25, 0.3) is 0 Å². The minimum absolute atomic E-state index is 0.0517. The molecule has 1 aromatic rings. The van der Waals surface area contributed by atoms with Crippen LogP contribution in [0.5, 0.6) is 11.5 Å². The number of carbonyl (C=O) groups excluding carboxylic acids is 2. The molecule has 2 saturated heterocycles. The van der Waals surface area contributed by atoms with Crippen LogP contribution in [0, 0.1) is 0 Å². The number of cyclic esters (lactones) is 1. The van der Waals surface area contributed by atoms with Crippen LogP contribution in [0.15, 0.2) is 18.2 Å². The Kier molecular flexibility index (Phi) is 5.16. The quantitative estimate of drug-likeness (QED) is 0.819. The van der Waals surface area contributed by atoms with Gasteiger partial charge in [0.05, 0.1) is 18.3 Å². The van der Waals surface area contributed by atoms with Gasteiger partial charge in [0.1, 0.15) is 24.9 Å². The number of rotatable bonds is 4. The van der Waals surface area contributed by atoms with E-state index in [0.29, 0.717) is 50.9 Å². The number of likely N-dealkylation sites (tertiary alicyclic amines) is 1. The molecular formula is C20H27N3O6. The summed E-state index contributed by atoms with van der Waals surface area (Å²) >= 11 is 0. The van der Waals surface area contributed by atoms with Crippen LogP contribution in [-0.4, -0.2) is 74.2 Å². The number of hydrogen-bond acceptors (Lipinski definition) is 7. The summed E-state index contributed by atoms with van der Waals surface area (Å²) in [5.41, 5.74) is 0.220. The van der Waals surface area contributed by atoms with Crippen molar-refractivity contribution in [2.75, 3.05) is 44.3 Å². The molecule has 9 heteroatoms. The third-order valence-corrected chi connectivity index (χ3v) is 4.85. The minimum Gasteiger partial charge on any atom is -0.486 e. The Morgan fingerprint density at radius 1 is 1.17 bits per heavy atom. The van der Waals surface area contributed by atoms with Crippen molar-refractivity contribution in [1.29, 1.82) is 0 Å². The van der Waals surface area contributed by atoms with E-state index in [0.717, 1.165) is 5.69 Å². The van der Waals surface area contributed by atoms with Crippen LogP contribution in [-0.2, 0) is 9.47 Å². The second-order valence-corrected chi connectivity index (χ2v) is 8.51. The highest BCUT2D eigenvalue weighted by Gasteiger charge is 2.37. The number of amides is 2. The molecule has 1 unspecified atom stereocenters. The number of carbonyl (C=O) groups is 2. The average molecular weight is 405 g/mol. The summed E-state index contributed by atoms with van der Waals surface area (Å²) in [6.45, 7) is 9.04. The number of alkyl carbamates (subject to hydrolysis) is 1. The lowest BCUT2D eigenvalue weighted by molar-refractivity contribution is 0.0326. The van der Waals surface area contributed by atoms with E-state index in [1.807, 2.05) is 39.0 Å². The number of benzene rings is 1. The maximum Gasteiger partial charge on any atom is 0.414 e. The van der Waals surface area contributed by atoms with Gasteiger partial charge >= 0.3 is 12.2 Å². The molecule has 0 radical (unpaired) electrons. The molecular weight excluding hydrogens is 378 g/mol. The van der Waals surface area contributed by atoms with Gasteiger partial charge in [-0.2, -0.15) is 0 Å². The molecule has 29 heavy (non-hydrogen) atoms. The Morgan fingerprint density at radius 3 is 2.62 bits per heavy atom. The van der Waals surface area contributed by atoms with Gasteiger partial charge in [-0.3, -0.25) is 9.80 Å². The summed E-state index contributed by atoms with van der Waals surface area (Å²) in [6.07, 6.45) is -0.993. The number of ether oxygens (including phenoxy) is 4. The number of fused-ring (bicyclic) bond motifs is 1. The van der Waals surface area contributed by atoms with Crippen molar-refractivity contribution >= 4 is 17.9 Å². The van der Waals surface area contributed by atoms with E-state index in [2.05, 4.69) is 10.2 Å². The maximum absolute atomic E-state index is 12.3. The third kappa shape index (κ3) is 4.67. The van der Waals surface area contributed by atoms with E-state index in [9.17, 15) is 9.59 Å². The fourth-order valence-electron chi connectivity index (χ4n) is 3.60. The Morgan fingerprint density at radius 2 is 1.90 bits per heavy atom. The largest absolute Gasteiger partial charge is 0.486 e. The molecule has 2 amide bonds. The molecule has 0 saturated carbocycles. The van der Waals surface area contributed by atoms with Gasteiger partial charge in [-0.1, -0.05) is 0 Å². The van der Waals surface area contributed by atoms with E-state index in [1.165, 1.54) is 0 Å². The number of nitrogens with one attached hydrogen (secondary N) is 1. The van der Waals surface area contributed by atoms with Gasteiger partial charge in [0.2, 0.25) is 0 Å². The lowest BCUT2D eigenvalue weighted by atomic mass is 10.1. The summed E-state index contributed by atoms with van der Waals surface area (Å²) in [5.74, 6) is 1.33. The van der Waals surface area contributed by atoms with Crippen molar-refractivity contribution in [2.24, 2.45) is 0 Å². The first-order valence-corrected chi connectivity index (χ1v) is 9.86. The molecule has 9 nitrogen and oxygen atoms in total. The highest BCUT2D eigenvalue weighted by Crippen LogP contribution is 2.35. The molecule has 1 N–H and O–H groups in total. The molecule has 0 aliphatic carbocycles. The Bertz CT molecular complexity index is 787. The molecule has 3 aliphatic heterocycles. The first-order valence-electron chi connectivity index (χ1n) is 9.86. The summed E-state index contributed by atoms with van der Waals surface area (Å²) < 4.78 is 21.9. The van der Waals surface area contributed by atoms with E-state index >= 15 is 0 Å². The zero-order chi connectivity index (χ0) is 20.6. The average Bonchev–Trinajstić information content (AvgIpc) is 2.98. The topological polar surface area (TPSA) is 89.6 Å². The van der Waals surface area contributed by atoms with Gasteiger partial charge in [0, 0.05) is 25.7 Å². The molecule has 4 rings (SSSR count). The highest BCUT2D eigenvalue weighted by atomic mass is 16.6. The molecule has 1 atom stereocenters. The zero-order valence-electron chi connectivity index (χ0n) is 17.0. The van der Waals surface area contributed by atoms with Crippen molar-refractivity contribution in [3.05, 3.63) is 18.2 Å². The Balaban J connectivity index is 1.25. The maximum atomic E-state index is 12.3. The number of hydrogen-bond donors (Lipinski definition) is 1. The van der Waals surface area contributed by atoms with E-state index in [4.69, 9.17) is 18.9 Å². The lowest BCUT2D eigenvalue weighted by Crippen LogP contribution is -2.61. The van der Waals surface area contributed by atoms with Gasteiger partial charge in [-0.15, -0.1) is 0 Å². The molecule has 0 aromatic heterocycles. The first-order chi connectivity index (χ1) is 13.8. The van der Waals surface area contributed by atoms with Crippen LogP contribution in [0.2, 0.25) is 0 Å². The van der Waals surface area contributed by atoms with Crippen molar-refractivity contribution in [3.8, 4) is 11.5 Å². The van der Waals surface area contributed by atoms with E-state index in [1.54, 1.807) is 4.90 Å². The van der Waals surface area contributed by atoms with Gasteiger partial charge in [-0.05, 0) is 32.9 Å². The predicted octanol–water partition coefficient (Wildman–Crippen LogP) is 1.99. The molecule has 158 valence electrons. The molecule has 3 heterocycles. The van der Waals surface area contributed by atoms with E-state index in [-0.39, 0.29) is 18.2 Å². The van der Waals surface area contributed by atoms with Gasteiger partial charge < -0.3 is 24.3 Å². The monoisotopic (exact) mass is 405 g/mol. The van der Waals surface area contributed by atoms with Crippen LogP contribution in [0.1, 0.15) is 20.8 Å². The Hall–Kier alpha value is -2.68. The predicted molar refractivity (Wildman–Crippen MR) is 105 cm³/mol. The van der Waals surface area contributed by atoms with Crippen LogP contribution in [0.3, 0.4) is 0 Å². The molecule has 0 bridgehead atoms. The summed E-state index contributed by atoms with van der Waals surface area (Å²) in [7, 11) is 0. The molecule has 1 aromatic carbocycles. The fourth-order valence-corrected chi connectivity index (χ4v) is 3.60. The molecule has 0 spiro atoms. The van der Waals surface area contributed by atoms with Crippen molar-refractivity contribution in [2.45, 2.75) is 38.5 Å². The van der Waals surface area contributed by atoms with Gasteiger partial charge in [0.15, 0.2) is 11.5 Å². The summed E-state index contributed by atoms with van der Waals surface area (Å²) in [6, 6.07) is 5.51. The summed E-state index contributed by atoms with van der Waals surface area (Å²) in [5, 5.41) is 2.85. The fraction of sp³-hybridized carbons (Fsp3) is 0.600. The smallest absolute Gasteiger partial charge is 0.414 e. The number of nitrogens with zero attached hydrogens (tertiary/aromatic N) is 2. The first kappa shape index (κ1) is 19.6. The van der Waals surface area contributed by atoms with Crippen LogP contribution < -0.4 is 19.7 Å². The van der Waals surface area contributed by atoms with Gasteiger partial charge in [-0.25, -0.2) is 9.59 Å². The van der Waals surface area contributed by atoms with Crippen molar-refractivity contribution in [3.63, 3.8) is 0 Å². The second kappa shape index (κ2) is 7.62. The normalized spacial score (nSPS) is 22.1. The molecule has 2 fully saturated rings. The van der Waals surface area contributed by atoms with Gasteiger partial charge in [0.25, 0.3) is 0 Å². The third-order valence-electron chi connectivity index (χ3n) is 4.85. The van der Waals surface area contributed by atoms with Crippen LogP contribution >= 0.6 is 0 Å². The second-order valence-electron chi connectivity index (χ2n) is 8.51. The van der Waals surface area contributed by atoms with Crippen molar-refractivity contribution in [1.82, 2.24) is 10.2 Å².